The van der Waals surface area contributed by atoms with Crippen molar-refractivity contribution in [1.29, 1.82) is 0 Å². The molecule has 132 valence electrons. The molecule has 0 aliphatic heterocycles. The van der Waals surface area contributed by atoms with Crippen molar-refractivity contribution in [2.45, 2.75) is 10.1 Å². The van der Waals surface area contributed by atoms with E-state index in [9.17, 15) is 10.1 Å². The first-order chi connectivity index (χ1) is 12.7. The number of nitrogens with zero attached hydrogens (tertiary/aromatic N) is 4. The van der Waals surface area contributed by atoms with Crippen LogP contribution in [0.2, 0.25) is 0 Å². The number of aromatic nitrogens is 3. The van der Waals surface area contributed by atoms with Crippen molar-refractivity contribution in [3.63, 3.8) is 0 Å². The second-order valence-electron chi connectivity index (χ2n) is 5.19. The normalized spacial score (nSPS) is 11.3. The van der Waals surface area contributed by atoms with Gasteiger partial charge in [0.05, 0.1) is 16.4 Å². The van der Waals surface area contributed by atoms with Gasteiger partial charge in [-0.1, -0.05) is 12.1 Å². The van der Waals surface area contributed by atoms with Crippen molar-refractivity contribution in [3.05, 3.63) is 40.4 Å². The third-order valence-electron chi connectivity index (χ3n) is 3.56. The van der Waals surface area contributed by atoms with Gasteiger partial charge in [0, 0.05) is 6.54 Å². The fourth-order valence-corrected chi connectivity index (χ4v) is 3.35. The Morgan fingerprint density at radius 2 is 2.08 bits per heavy atom. The summed E-state index contributed by atoms with van der Waals surface area (Å²) < 4.78 is 10.4. The van der Waals surface area contributed by atoms with E-state index in [0.29, 0.717) is 21.2 Å². The first kappa shape index (κ1) is 16.3. The average Bonchev–Trinajstić information content (AvgIpc) is 3.25. The molecule has 0 unspecified atom stereocenters. The highest BCUT2D eigenvalue weighted by Crippen LogP contribution is 2.41. The van der Waals surface area contributed by atoms with Crippen molar-refractivity contribution in [3.8, 4) is 0 Å². The van der Waals surface area contributed by atoms with E-state index in [-0.39, 0.29) is 35.6 Å². The molecule has 0 bridgehead atoms. The van der Waals surface area contributed by atoms with E-state index < -0.39 is 4.92 Å². The van der Waals surface area contributed by atoms with Crippen LogP contribution in [0.15, 0.2) is 49.5 Å². The fraction of sp³-hybridized carbons (Fsp3) is 0.133. The van der Waals surface area contributed by atoms with Gasteiger partial charge in [-0.3, -0.25) is 10.1 Å². The quantitative estimate of drug-likeness (QED) is 0.383. The van der Waals surface area contributed by atoms with Crippen LogP contribution in [0.25, 0.3) is 22.1 Å². The molecule has 0 saturated heterocycles. The molecule has 4 rings (SSSR count). The number of hydrogen-bond donors (Lipinski definition) is 2. The SMILES string of the molecule is O=[N+]([O-])c1c(NCCO)cc(Sc2nc3ccccc3o2)c2nonc12. The summed E-state index contributed by atoms with van der Waals surface area (Å²) in [5, 5.41) is 31.1. The second-order valence-corrected chi connectivity index (χ2v) is 6.18. The predicted molar refractivity (Wildman–Crippen MR) is 92.2 cm³/mol. The van der Waals surface area contributed by atoms with Gasteiger partial charge in [-0.2, -0.15) is 0 Å². The number of oxazole rings is 1. The molecule has 10 nitrogen and oxygen atoms in total. The standard InChI is InChI=1S/C15H11N5O5S/c21-6-5-16-9-7-11(12-13(19-25-18-12)14(9)20(22)23)26-15-17-8-3-1-2-4-10(8)24-15/h1-4,7,16,21H,5-6H2. The van der Waals surface area contributed by atoms with Crippen LogP contribution in [0, 0.1) is 10.1 Å². The summed E-state index contributed by atoms with van der Waals surface area (Å²) >= 11 is 1.15. The van der Waals surface area contributed by atoms with Crippen LogP contribution in [-0.2, 0) is 0 Å². The molecule has 0 spiro atoms. The Morgan fingerprint density at radius 1 is 1.27 bits per heavy atom. The second kappa shape index (κ2) is 6.61. The lowest BCUT2D eigenvalue weighted by atomic mass is 10.2. The summed E-state index contributed by atoms with van der Waals surface area (Å²) in [7, 11) is 0. The summed E-state index contributed by atoms with van der Waals surface area (Å²) in [5.41, 5.74) is 1.51. The Kier molecular flexibility index (Phi) is 4.14. The zero-order valence-electron chi connectivity index (χ0n) is 13.1. The highest BCUT2D eigenvalue weighted by molar-refractivity contribution is 7.99. The summed E-state index contributed by atoms with van der Waals surface area (Å²) in [6.45, 7) is -0.0372. The van der Waals surface area contributed by atoms with Gasteiger partial charge in [0.15, 0.2) is 11.1 Å². The van der Waals surface area contributed by atoms with E-state index in [2.05, 4.69) is 20.6 Å². The van der Waals surface area contributed by atoms with Gasteiger partial charge in [-0.05, 0) is 40.3 Å². The number of nitrogens with one attached hydrogen (secondary N) is 1. The van der Waals surface area contributed by atoms with Crippen molar-refractivity contribution in [1.82, 2.24) is 15.3 Å². The van der Waals surface area contributed by atoms with Gasteiger partial charge in [-0.25, -0.2) is 9.61 Å². The first-order valence-electron chi connectivity index (χ1n) is 7.49. The molecular weight excluding hydrogens is 362 g/mol. The molecule has 0 amide bonds. The van der Waals surface area contributed by atoms with Crippen molar-refractivity contribution in [2.75, 3.05) is 18.5 Å². The van der Waals surface area contributed by atoms with Crippen LogP contribution >= 0.6 is 11.8 Å². The average molecular weight is 373 g/mol. The fourth-order valence-electron chi connectivity index (χ4n) is 2.48. The molecule has 11 heteroatoms. The molecule has 26 heavy (non-hydrogen) atoms. The zero-order chi connectivity index (χ0) is 18.1. The van der Waals surface area contributed by atoms with Gasteiger partial charge in [-0.15, -0.1) is 0 Å². The molecule has 2 aromatic heterocycles. The molecule has 0 aliphatic rings. The Morgan fingerprint density at radius 3 is 2.85 bits per heavy atom. The Balaban J connectivity index is 1.82. The van der Waals surface area contributed by atoms with Crippen LogP contribution in [0.5, 0.6) is 0 Å². The third kappa shape index (κ3) is 2.82. The van der Waals surface area contributed by atoms with E-state index in [0.717, 1.165) is 11.8 Å². The van der Waals surface area contributed by atoms with Crippen molar-refractivity contribution in [2.24, 2.45) is 0 Å². The summed E-state index contributed by atoms with van der Waals surface area (Å²) in [5.74, 6) is 0. The molecule has 0 saturated carbocycles. The van der Waals surface area contributed by atoms with Gasteiger partial charge >= 0.3 is 5.69 Å². The van der Waals surface area contributed by atoms with Gasteiger partial charge in [0.1, 0.15) is 11.2 Å². The smallest absolute Gasteiger partial charge is 0.323 e. The van der Waals surface area contributed by atoms with E-state index in [1.54, 1.807) is 12.1 Å². The zero-order valence-corrected chi connectivity index (χ0v) is 13.9. The Hall–Kier alpha value is -3.18. The number of benzene rings is 2. The topological polar surface area (TPSA) is 140 Å². The molecule has 2 heterocycles. The Bertz CT molecular complexity index is 1080. The molecule has 2 N–H and O–H groups in total. The van der Waals surface area contributed by atoms with E-state index in [1.165, 1.54) is 0 Å². The number of aliphatic hydroxyl groups excluding tert-OH is 1. The van der Waals surface area contributed by atoms with Gasteiger partial charge in [0.2, 0.25) is 5.52 Å². The molecule has 0 atom stereocenters. The number of hydrogen-bond acceptors (Lipinski definition) is 10. The number of nitro groups is 1. The van der Waals surface area contributed by atoms with Crippen molar-refractivity contribution < 1.29 is 19.1 Å². The summed E-state index contributed by atoms with van der Waals surface area (Å²) in [6, 6.07) is 8.84. The molecule has 0 radical (unpaired) electrons. The maximum Gasteiger partial charge on any atom is 0.323 e. The number of nitro benzene ring substituents is 1. The molecule has 0 aliphatic carbocycles. The molecular formula is C15H11N5O5S. The monoisotopic (exact) mass is 373 g/mol. The minimum Gasteiger partial charge on any atom is -0.431 e. The van der Waals surface area contributed by atoms with Crippen molar-refractivity contribution >= 4 is 45.3 Å². The summed E-state index contributed by atoms with van der Waals surface area (Å²) in [6.07, 6.45) is 0. The maximum absolute atomic E-state index is 11.4. The molecule has 4 aromatic rings. The molecule has 2 aromatic carbocycles. The van der Waals surface area contributed by atoms with Crippen LogP contribution in [0.1, 0.15) is 0 Å². The van der Waals surface area contributed by atoms with Gasteiger partial charge in [0.25, 0.3) is 5.22 Å². The number of anilines is 1. The molecule has 0 fully saturated rings. The van der Waals surface area contributed by atoms with E-state index in [4.69, 9.17) is 14.2 Å². The van der Waals surface area contributed by atoms with Crippen LogP contribution < -0.4 is 5.32 Å². The maximum atomic E-state index is 11.4. The number of rotatable bonds is 6. The number of fused-ring (bicyclic) bond motifs is 2. The number of para-hydroxylation sites is 2. The van der Waals surface area contributed by atoms with Crippen LogP contribution in [0.3, 0.4) is 0 Å². The largest absolute Gasteiger partial charge is 0.431 e. The van der Waals surface area contributed by atoms with Gasteiger partial charge < -0.3 is 14.8 Å². The third-order valence-corrected chi connectivity index (χ3v) is 4.44. The lowest BCUT2D eigenvalue weighted by Gasteiger charge is -2.07. The first-order valence-corrected chi connectivity index (χ1v) is 8.31. The minimum atomic E-state index is -0.569. The predicted octanol–water partition coefficient (Wildman–Crippen LogP) is 2.83. The summed E-state index contributed by atoms with van der Waals surface area (Å²) in [4.78, 5) is 15.8. The highest BCUT2D eigenvalue weighted by atomic mass is 32.2. The Labute approximate surface area is 149 Å². The number of aliphatic hydroxyl groups is 1. The lowest BCUT2D eigenvalue weighted by molar-refractivity contribution is -0.382. The van der Waals surface area contributed by atoms with Crippen LogP contribution in [-0.4, -0.2) is 38.5 Å². The van der Waals surface area contributed by atoms with E-state index >= 15 is 0 Å². The highest BCUT2D eigenvalue weighted by Gasteiger charge is 2.26. The lowest BCUT2D eigenvalue weighted by Crippen LogP contribution is -2.08. The minimum absolute atomic E-state index is 0.0107. The van der Waals surface area contributed by atoms with E-state index in [1.807, 2.05) is 18.2 Å². The van der Waals surface area contributed by atoms with Crippen LogP contribution in [0.4, 0.5) is 11.4 Å².